The summed E-state index contributed by atoms with van der Waals surface area (Å²) >= 11 is 0. The standard InChI is InChI=1S/C11H12F4O2/c12-10(13)11(14,15)5-17-9(16)8-4-6-1-2-7(8)3-6/h1-2,6-8,10H,3-5H2. The molecule has 0 N–H and O–H groups in total. The van der Waals surface area contributed by atoms with Crippen LogP contribution >= 0.6 is 0 Å². The Kier molecular flexibility index (Phi) is 3.14. The number of allylic oxidation sites excluding steroid dienone is 2. The molecule has 2 nitrogen and oxygen atoms in total. The number of hydrogen-bond donors (Lipinski definition) is 0. The molecule has 0 aliphatic heterocycles. The average molecular weight is 252 g/mol. The number of carbonyl (C=O) groups is 1. The molecule has 0 radical (unpaired) electrons. The van der Waals surface area contributed by atoms with Gasteiger partial charge in [-0.25, -0.2) is 8.78 Å². The normalized spacial score (nSPS) is 31.2. The predicted molar refractivity (Wildman–Crippen MR) is 50.8 cm³/mol. The molecule has 0 heterocycles. The van der Waals surface area contributed by atoms with Crippen LogP contribution in [0, 0.1) is 17.8 Å². The van der Waals surface area contributed by atoms with Crippen LogP contribution in [-0.4, -0.2) is 24.9 Å². The number of rotatable bonds is 4. The average Bonchev–Trinajstić information content (AvgIpc) is 2.87. The molecule has 2 bridgehead atoms. The lowest BCUT2D eigenvalue weighted by Crippen LogP contribution is -2.35. The highest BCUT2D eigenvalue weighted by Gasteiger charge is 2.45. The van der Waals surface area contributed by atoms with Crippen LogP contribution in [0.3, 0.4) is 0 Å². The Labute approximate surface area is 95.6 Å². The van der Waals surface area contributed by atoms with Crippen molar-refractivity contribution in [2.24, 2.45) is 17.8 Å². The van der Waals surface area contributed by atoms with Crippen molar-refractivity contribution >= 4 is 5.97 Å². The first-order chi connectivity index (χ1) is 7.90. The van der Waals surface area contributed by atoms with E-state index in [2.05, 4.69) is 4.74 Å². The molecule has 2 aliphatic carbocycles. The van der Waals surface area contributed by atoms with Crippen molar-refractivity contribution in [2.75, 3.05) is 6.61 Å². The van der Waals surface area contributed by atoms with Crippen LogP contribution in [0.25, 0.3) is 0 Å². The minimum atomic E-state index is -4.26. The summed E-state index contributed by atoms with van der Waals surface area (Å²) in [5.74, 6) is -5.18. The van der Waals surface area contributed by atoms with Gasteiger partial charge >= 0.3 is 18.3 Å². The van der Waals surface area contributed by atoms with E-state index in [-0.39, 0.29) is 5.92 Å². The molecule has 0 amide bonds. The molecule has 3 atom stereocenters. The highest BCUT2D eigenvalue weighted by atomic mass is 19.3. The highest BCUT2D eigenvalue weighted by Crippen LogP contribution is 2.44. The molecule has 17 heavy (non-hydrogen) atoms. The molecule has 0 aromatic rings. The van der Waals surface area contributed by atoms with E-state index in [0.717, 1.165) is 6.42 Å². The van der Waals surface area contributed by atoms with Gasteiger partial charge in [0.1, 0.15) is 0 Å². The molecule has 3 unspecified atom stereocenters. The maximum atomic E-state index is 12.5. The van der Waals surface area contributed by atoms with E-state index in [1.807, 2.05) is 12.2 Å². The summed E-state index contributed by atoms with van der Waals surface area (Å²) in [6.07, 6.45) is 1.44. The molecule has 0 saturated heterocycles. The van der Waals surface area contributed by atoms with Crippen molar-refractivity contribution in [3.8, 4) is 0 Å². The van der Waals surface area contributed by atoms with Crippen LogP contribution in [-0.2, 0) is 9.53 Å². The molecule has 6 heteroatoms. The SMILES string of the molecule is O=C(OCC(F)(F)C(F)F)C1CC2C=CC1C2. The van der Waals surface area contributed by atoms with Crippen LogP contribution < -0.4 is 0 Å². The fourth-order valence-electron chi connectivity index (χ4n) is 2.39. The Morgan fingerprint density at radius 1 is 1.35 bits per heavy atom. The Morgan fingerprint density at radius 3 is 2.53 bits per heavy atom. The van der Waals surface area contributed by atoms with Crippen molar-refractivity contribution in [1.29, 1.82) is 0 Å². The number of esters is 1. The quantitative estimate of drug-likeness (QED) is 0.437. The van der Waals surface area contributed by atoms with E-state index >= 15 is 0 Å². The van der Waals surface area contributed by atoms with E-state index in [0.29, 0.717) is 12.3 Å². The van der Waals surface area contributed by atoms with Gasteiger partial charge in [0.15, 0.2) is 6.61 Å². The first kappa shape index (κ1) is 12.4. The lowest BCUT2D eigenvalue weighted by Gasteiger charge is -2.19. The maximum absolute atomic E-state index is 12.5. The third-order valence-electron chi connectivity index (χ3n) is 3.31. The van der Waals surface area contributed by atoms with Crippen molar-refractivity contribution in [3.63, 3.8) is 0 Å². The zero-order valence-electron chi connectivity index (χ0n) is 8.91. The van der Waals surface area contributed by atoms with Gasteiger partial charge in [-0.15, -0.1) is 0 Å². The number of hydrogen-bond acceptors (Lipinski definition) is 2. The minimum Gasteiger partial charge on any atom is -0.459 e. The lowest BCUT2D eigenvalue weighted by molar-refractivity contribution is -0.183. The largest absolute Gasteiger partial charge is 0.459 e. The van der Waals surface area contributed by atoms with Crippen LogP contribution in [0.4, 0.5) is 17.6 Å². The molecule has 0 aromatic heterocycles. The fraction of sp³-hybridized carbons (Fsp3) is 0.727. The highest BCUT2D eigenvalue weighted by molar-refractivity contribution is 5.74. The second-order valence-electron chi connectivity index (χ2n) is 4.56. The van der Waals surface area contributed by atoms with Gasteiger partial charge in [-0.05, 0) is 24.7 Å². The van der Waals surface area contributed by atoms with Gasteiger partial charge in [-0.3, -0.25) is 4.79 Å². The van der Waals surface area contributed by atoms with Crippen molar-refractivity contribution in [1.82, 2.24) is 0 Å². The molecule has 1 saturated carbocycles. The molecule has 96 valence electrons. The number of halogens is 4. The number of fused-ring (bicyclic) bond motifs is 2. The summed E-state index contributed by atoms with van der Waals surface area (Å²) in [5, 5.41) is 0. The molecule has 0 spiro atoms. The van der Waals surface area contributed by atoms with Crippen LogP contribution in [0.2, 0.25) is 0 Å². The topological polar surface area (TPSA) is 26.3 Å². The Bertz CT molecular complexity index is 340. The molecular formula is C11H12F4O2. The van der Waals surface area contributed by atoms with E-state index in [9.17, 15) is 22.4 Å². The second kappa shape index (κ2) is 4.31. The van der Waals surface area contributed by atoms with Gasteiger partial charge in [0.25, 0.3) is 0 Å². The lowest BCUT2D eigenvalue weighted by atomic mass is 9.94. The van der Waals surface area contributed by atoms with Crippen molar-refractivity contribution in [3.05, 3.63) is 12.2 Å². The molecule has 1 fully saturated rings. The fourth-order valence-corrected chi connectivity index (χ4v) is 2.39. The van der Waals surface area contributed by atoms with Crippen LogP contribution in [0.15, 0.2) is 12.2 Å². The zero-order valence-corrected chi connectivity index (χ0v) is 8.91. The van der Waals surface area contributed by atoms with Crippen molar-refractivity contribution in [2.45, 2.75) is 25.2 Å². The Hall–Kier alpha value is -1.07. The summed E-state index contributed by atoms with van der Waals surface area (Å²) in [4.78, 5) is 11.5. The second-order valence-corrected chi connectivity index (χ2v) is 4.56. The number of carbonyl (C=O) groups excluding carboxylic acids is 1. The molecular weight excluding hydrogens is 240 g/mol. The number of ether oxygens (including phenoxy) is 1. The van der Waals surface area contributed by atoms with E-state index in [1.165, 1.54) is 0 Å². The summed E-state index contributed by atoms with van der Waals surface area (Å²) in [6, 6.07) is 0. The Morgan fingerprint density at radius 2 is 2.06 bits per heavy atom. The maximum Gasteiger partial charge on any atom is 0.340 e. The predicted octanol–water partition coefficient (Wildman–Crippen LogP) is 2.64. The van der Waals surface area contributed by atoms with Gasteiger partial charge in [0.05, 0.1) is 5.92 Å². The van der Waals surface area contributed by atoms with Gasteiger partial charge in [0, 0.05) is 0 Å². The van der Waals surface area contributed by atoms with Gasteiger partial charge in [-0.1, -0.05) is 12.2 Å². The van der Waals surface area contributed by atoms with E-state index in [4.69, 9.17) is 0 Å². The third kappa shape index (κ3) is 2.45. The Balaban J connectivity index is 1.84. The summed E-state index contributed by atoms with van der Waals surface area (Å²) < 4.78 is 53.1. The first-order valence-corrected chi connectivity index (χ1v) is 5.41. The summed E-state index contributed by atoms with van der Waals surface area (Å²) in [6.45, 7) is -1.54. The monoisotopic (exact) mass is 252 g/mol. The summed E-state index contributed by atoms with van der Waals surface area (Å²) in [7, 11) is 0. The van der Waals surface area contributed by atoms with Gasteiger partial charge in [0.2, 0.25) is 0 Å². The first-order valence-electron chi connectivity index (χ1n) is 5.41. The molecule has 2 aliphatic rings. The van der Waals surface area contributed by atoms with Gasteiger partial charge in [-0.2, -0.15) is 8.78 Å². The zero-order chi connectivity index (χ0) is 12.6. The van der Waals surface area contributed by atoms with Crippen molar-refractivity contribution < 1.29 is 27.1 Å². The molecule has 0 aromatic carbocycles. The van der Waals surface area contributed by atoms with Gasteiger partial charge < -0.3 is 4.74 Å². The summed E-state index contributed by atoms with van der Waals surface area (Å²) in [5.41, 5.74) is 0. The molecule has 2 rings (SSSR count). The minimum absolute atomic E-state index is 0.0210. The van der Waals surface area contributed by atoms with Crippen LogP contribution in [0.5, 0.6) is 0 Å². The van der Waals surface area contributed by atoms with E-state index in [1.54, 1.807) is 0 Å². The van der Waals surface area contributed by atoms with E-state index < -0.39 is 30.8 Å². The number of alkyl halides is 4. The smallest absolute Gasteiger partial charge is 0.340 e. The van der Waals surface area contributed by atoms with Crippen LogP contribution in [0.1, 0.15) is 12.8 Å². The third-order valence-corrected chi connectivity index (χ3v) is 3.31.